The molecule has 0 saturated carbocycles. The molecule has 0 amide bonds. The molecule has 17 heavy (non-hydrogen) atoms. The summed E-state index contributed by atoms with van der Waals surface area (Å²) in [6.07, 6.45) is -0.904. The largest absolute Gasteiger partial charge is 0.429 e. The van der Waals surface area contributed by atoms with Crippen LogP contribution in [-0.4, -0.2) is 19.2 Å². The van der Waals surface area contributed by atoms with Crippen LogP contribution in [0.2, 0.25) is 25.7 Å². The van der Waals surface area contributed by atoms with Gasteiger partial charge in [0.1, 0.15) is 5.75 Å². The minimum Gasteiger partial charge on any atom is -0.429 e. The van der Waals surface area contributed by atoms with Crippen molar-refractivity contribution in [3.8, 4) is 5.75 Å². The fourth-order valence-electron chi connectivity index (χ4n) is 2.32. The van der Waals surface area contributed by atoms with Crippen molar-refractivity contribution in [3.05, 3.63) is 39.9 Å². The van der Waals surface area contributed by atoms with Crippen LogP contribution in [0, 0.1) is 10.1 Å². The summed E-state index contributed by atoms with van der Waals surface area (Å²) in [5, 5.41) is 11.1. The maximum atomic E-state index is 11.1. The SMILES string of the molecule is C[Si](C)(C)C[C@H]1c2ccccc2O[C@@H]1[N+](=O)[O-]. The second-order valence-corrected chi connectivity index (χ2v) is 11.2. The van der Waals surface area contributed by atoms with Gasteiger partial charge in [0.25, 0.3) is 0 Å². The van der Waals surface area contributed by atoms with E-state index in [1.807, 2.05) is 24.3 Å². The number of rotatable bonds is 3. The summed E-state index contributed by atoms with van der Waals surface area (Å²) < 4.78 is 5.45. The van der Waals surface area contributed by atoms with E-state index in [2.05, 4.69) is 19.6 Å². The van der Waals surface area contributed by atoms with Crippen LogP contribution in [0.5, 0.6) is 5.75 Å². The first-order chi connectivity index (χ1) is 7.88. The van der Waals surface area contributed by atoms with E-state index in [1.54, 1.807) is 0 Å². The van der Waals surface area contributed by atoms with E-state index >= 15 is 0 Å². The number of para-hydroxylation sites is 1. The van der Waals surface area contributed by atoms with E-state index in [1.165, 1.54) is 0 Å². The highest BCUT2D eigenvalue weighted by Gasteiger charge is 2.44. The van der Waals surface area contributed by atoms with Crippen molar-refractivity contribution in [1.82, 2.24) is 0 Å². The Morgan fingerprint density at radius 3 is 2.59 bits per heavy atom. The van der Waals surface area contributed by atoms with Crippen molar-refractivity contribution in [2.75, 3.05) is 0 Å². The first kappa shape index (κ1) is 12.1. The van der Waals surface area contributed by atoms with Crippen LogP contribution < -0.4 is 4.74 Å². The summed E-state index contributed by atoms with van der Waals surface area (Å²) in [7, 11) is -1.36. The molecule has 0 radical (unpaired) electrons. The Kier molecular flexibility index (Phi) is 2.95. The predicted molar refractivity (Wildman–Crippen MR) is 68.7 cm³/mol. The second-order valence-electron chi connectivity index (χ2n) is 5.70. The van der Waals surface area contributed by atoms with Crippen molar-refractivity contribution in [2.45, 2.75) is 37.8 Å². The number of hydrogen-bond donors (Lipinski definition) is 0. The van der Waals surface area contributed by atoms with Gasteiger partial charge in [-0.2, -0.15) is 0 Å². The smallest absolute Gasteiger partial charge is 0.360 e. The summed E-state index contributed by atoms with van der Waals surface area (Å²) in [5.74, 6) is 0.588. The molecular formula is C12H17NO3Si. The average Bonchev–Trinajstić information content (AvgIpc) is 2.55. The normalized spacial score (nSPS) is 23.0. The predicted octanol–water partition coefficient (Wildman–Crippen LogP) is 3.10. The third-order valence-electron chi connectivity index (χ3n) is 2.95. The number of hydrogen-bond acceptors (Lipinski definition) is 3. The highest BCUT2D eigenvalue weighted by Crippen LogP contribution is 2.42. The highest BCUT2D eigenvalue weighted by molar-refractivity contribution is 6.76. The van der Waals surface area contributed by atoms with Crippen molar-refractivity contribution >= 4 is 8.07 Å². The van der Waals surface area contributed by atoms with Crippen molar-refractivity contribution in [1.29, 1.82) is 0 Å². The number of nitro groups is 1. The second kappa shape index (κ2) is 4.14. The van der Waals surface area contributed by atoms with Crippen LogP contribution >= 0.6 is 0 Å². The van der Waals surface area contributed by atoms with Gasteiger partial charge in [-0.25, -0.2) is 0 Å². The molecule has 2 atom stereocenters. The molecule has 4 nitrogen and oxygen atoms in total. The molecule has 1 aliphatic heterocycles. The molecule has 1 heterocycles. The van der Waals surface area contributed by atoms with Gasteiger partial charge in [0.15, 0.2) is 0 Å². The third-order valence-corrected chi connectivity index (χ3v) is 4.62. The van der Waals surface area contributed by atoms with Crippen LogP contribution in [0.4, 0.5) is 0 Å². The van der Waals surface area contributed by atoms with Gasteiger partial charge in [0.05, 0.1) is 10.8 Å². The van der Waals surface area contributed by atoms with Gasteiger partial charge in [0, 0.05) is 13.6 Å². The van der Waals surface area contributed by atoms with Gasteiger partial charge < -0.3 is 4.74 Å². The molecule has 0 aliphatic carbocycles. The summed E-state index contributed by atoms with van der Waals surface area (Å²) in [6.45, 7) is 6.68. The molecule has 0 fully saturated rings. The lowest BCUT2D eigenvalue weighted by atomic mass is 10.0. The summed E-state index contributed by atoms with van der Waals surface area (Å²) in [6, 6.07) is 8.42. The Balaban J connectivity index is 2.34. The topological polar surface area (TPSA) is 52.4 Å². The molecule has 0 spiro atoms. The maximum Gasteiger partial charge on any atom is 0.360 e. The first-order valence-corrected chi connectivity index (χ1v) is 9.48. The zero-order valence-electron chi connectivity index (χ0n) is 10.3. The first-order valence-electron chi connectivity index (χ1n) is 5.77. The van der Waals surface area contributed by atoms with Gasteiger partial charge in [-0.3, -0.25) is 10.1 Å². The van der Waals surface area contributed by atoms with E-state index in [0.29, 0.717) is 5.75 Å². The molecular weight excluding hydrogens is 234 g/mol. The summed E-state index contributed by atoms with van der Waals surface area (Å²) in [4.78, 5) is 10.8. The van der Waals surface area contributed by atoms with E-state index < -0.39 is 14.3 Å². The molecule has 2 rings (SSSR count). The molecule has 0 N–H and O–H groups in total. The Morgan fingerprint density at radius 1 is 1.35 bits per heavy atom. The lowest BCUT2D eigenvalue weighted by Gasteiger charge is -2.21. The van der Waals surface area contributed by atoms with E-state index in [-0.39, 0.29) is 10.8 Å². The zero-order valence-corrected chi connectivity index (χ0v) is 11.3. The van der Waals surface area contributed by atoms with Crippen molar-refractivity contribution < 1.29 is 9.66 Å². The van der Waals surface area contributed by atoms with Gasteiger partial charge in [0.2, 0.25) is 0 Å². The number of ether oxygens (including phenoxy) is 1. The number of nitrogens with zero attached hydrogens (tertiary/aromatic N) is 1. The molecule has 5 heteroatoms. The highest BCUT2D eigenvalue weighted by atomic mass is 28.3. The minimum absolute atomic E-state index is 0.0899. The van der Waals surface area contributed by atoms with Gasteiger partial charge in [-0.05, 0) is 12.1 Å². The van der Waals surface area contributed by atoms with Gasteiger partial charge in [-0.15, -0.1) is 0 Å². The number of benzene rings is 1. The van der Waals surface area contributed by atoms with Crippen molar-refractivity contribution in [2.24, 2.45) is 0 Å². The van der Waals surface area contributed by atoms with E-state index in [9.17, 15) is 10.1 Å². The maximum absolute atomic E-state index is 11.1. The molecule has 92 valence electrons. The third kappa shape index (κ3) is 2.49. The number of fused-ring (bicyclic) bond motifs is 1. The summed E-state index contributed by atoms with van der Waals surface area (Å²) >= 11 is 0. The Morgan fingerprint density at radius 2 is 2.00 bits per heavy atom. The van der Waals surface area contributed by atoms with Crippen LogP contribution in [0.1, 0.15) is 11.5 Å². The molecule has 0 aromatic heterocycles. The van der Waals surface area contributed by atoms with Crippen LogP contribution in [0.15, 0.2) is 24.3 Å². The van der Waals surface area contributed by atoms with Crippen LogP contribution in [-0.2, 0) is 0 Å². The molecule has 1 aromatic carbocycles. The van der Waals surface area contributed by atoms with Crippen LogP contribution in [0.3, 0.4) is 0 Å². The van der Waals surface area contributed by atoms with E-state index in [0.717, 1.165) is 11.6 Å². The Labute approximate surface area is 102 Å². The van der Waals surface area contributed by atoms with Crippen LogP contribution in [0.25, 0.3) is 0 Å². The quantitative estimate of drug-likeness (QED) is 0.471. The molecule has 1 aromatic rings. The fraction of sp³-hybridized carbons (Fsp3) is 0.500. The van der Waals surface area contributed by atoms with E-state index in [4.69, 9.17) is 4.74 Å². The van der Waals surface area contributed by atoms with Crippen molar-refractivity contribution in [3.63, 3.8) is 0 Å². The minimum atomic E-state index is -1.36. The standard InChI is InChI=1S/C12H17NO3Si/c1-17(2,3)8-10-9-6-4-5-7-11(9)16-12(10)13(14)15/h4-7,10,12H,8H2,1-3H3/t10-,12-/m0/s1. The lowest BCUT2D eigenvalue weighted by Crippen LogP contribution is -2.33. The Bertz CT molecular complexity index is 442. The van der Waals surface area contributed by atoms with Gasteiger partial charge in [-0.1, -0.05) is 37.8 Å². The lowest BCUT2D eigenvalue weighted by molar-refractivity contribution is -0.563. The molecule has 0 bridgehead atoms. The zero-order chi connectivity index (χ0) is 12.6. The molecule has 0 unspecified atom stereocenters. The average molecular weight is 251 g/mol. The van der Waals surface area contributed by atoms with Gasteiger partial charge >= 0.3 is 6.23 Å². The molecule has 1 aliphatic rings. The fourth-order valence-corrected chi connectivity index (χ4v) is 4.06. The Hall–Kier alpha value is -1.36. The molecule has 0 saturated heterocycles. The summed E-state index contributed by atoms with van der Waals surface area (Å²) in [5.41, 5.74) is 0.997. The monoisotopic (exact) mass is 251 g/mol.